The molecule has 100 valence electrons. The molecule has 0 fully saturated rings. The van der Waals surface area contributed by atoms with E-state index in [9.17, 15) is 4.79 Å². The third-order valence-electron chi connectivity index (χ3n) is 2.45. The molecule has 0 saturated heterocycles. The van der Waals surface area contributed by atoms with E-state index in [1.165, 1.54) is 0 Å². The van der Waals surface area contributed by atoms with Gasteiger partial charge >= 0.3 is 0 Å². The first-order valence-corrected chi connectivity index (χ1v) is 8.75. The van der Waals surface area contributed by atoms with Gasteiger partial charge in [0.2, 0.25) is 0 Å². The quantitative estimate of drug-likeness (QED) is 0.476. The van der Waals surface area contributed by atoms with Crippen LogP contribution in [-0.2, 0) is 0 Å². The van der Waals surface area contributed by atoms with E-state index in [2.05, 4.69) is 73.6 Å². The zero-order chi connectivity index (χ0) is 13.7. The fourth-order valence-corrected chi connectivity index (χ4v) is 3.01. The molecular formula is C13H16Br2INO. The molecule has 18 heavy (non-hydrogen) atoms. The topological polar surface area (TPSA) is 29.1 Å². The van der Waals surface area contributed by atoms with Crippen LogP contribution in [0.3, 0.4) is 0 Å². The van der Waals surface area contributed by atoms with Gasteiger partial charge in [-0.15, -0.1) is 0 Å². The average Bonchev–Trinajstić information content (AvgIpc) is 2.30. The van der Waals surface area contributed by atoms with Crippen LogP contribution in [0.25, 0.3) is 0 Å². The zero-order valence-electron chi connectivity index (χ0n) is 10.3. The normalized spacial score (nSPS) is 12.6. The minimum atomic E-state index is -0.0227. The summed E-state index contributed by atoms with van der Waals surface area (Å²) in [4.78, 5) is 12.2. The summed E-state index contributed by atoms with van der Waals surface area (Å²) in [6, 6.07) is 5.93. The molecule has 1 atom stereocenters. The summed E-state index contributed by atoms with van der Waals surface area (Å²) in [5.41, 5.74) is 0.691. The van der Waals surface area contributed by atoms with Crippen LogP contribution in [0, 0.1) is 9.49 Å². The van der Waals surface area contributed by atoms with E-state index in [0.717, 1.165) is 19.8 Å². The van der Waals surface area contributed by atoms with Gasteiger partial charge in [0.05, 0.1) is 5.56 Å². The lowest BCUT2D eigenvalue weighted by atomic mass is 10.0. The average molecular weight is 489 g/mol. The summed E-state index contributed by atoms with van der Waals surface area (Å²) in [5, 5.41) is 3.84. The first-order valence-electron chi connectivity index (χ1n) is 5.76. The molecular weight excluding hydrogens is 473 g/mol. The number of alkyl halides is 1. The van der Waals surface area contributed by atoms with Crippen molar-refractivity contribution in [2.24, 2.45) is 5.92 Å². The van der Waals surface area contributed by atoms with Gasteiger partial charge in [0, 0.05) is 19.4 Å². The van der Waals surface area contributed by atoms with Crippen molar-refractivity contribution in [1.29, 1.82) is 0 Å². The van der Waals surface area contributed by atoms with Crippen molar-refractivity contribution in [2.75, 3.05) is 5.33 Å². The first-order chi connectivity index (χ1) is 8.43. The molecule has 2 nitrogen and oxygen atoms in total. The Hall–Kier alpha value is 0.380. The maximum Gasteiger partial charge on any atom is 0.252 e. The zero-order valence-corrected chi connectivity index (χ0v) is 15.7. The van der Waals surface area contributed by atoms with Crippen LogP contribution in [0.4, 0.5) is 0 Å². The highest BCUT2D eigenvalue weighted by Crippen LogP contribution is 2.20. The van der Waals surface area contributed by atoms with Crippen LogP contribution >= 0.6 is 54.5 Å². The van der Waals surface area contributed by atoms with Crippen molar-refractivity contribution in [3.05, 3.63) is 31.8 Å². The number of benzene rings is 1. The molecule has 0 aliphatic carbocycles. The number of amides is 1. The van der Waals surface area contributed by atoms with Gasteiger partial charge in [-0.25, -0.2) is 0 Å². The number of halogens is 3. The third-order valence-corrected chi connectivity index (χ3v) is 4.59. The Bertz CT molecular complexity index is 423. The molecule has 0 saturated carbocycles. The predicted molar refractivity (Wildman–Crippen MR) is 91.4 cm³/mol. The van der Waals surface area contributed by atoms with E-state index in [1.54, 1.807) is 0 Å². The first kappa shape index (κ1) is 16.4. The SMILES string of the molecule is CC(C)CC(CBr)NC(=O)c1cc(I)ccc1Br. The number of carbonyl (C=O) groups is 1. The predicted octanol–water partition coefficient (Wildman–Crippen LogP) is 4.59. The Morgan fingerprint density at radius 1 is 1.44 bits per heavy atom. The summed E-state index contributed by atoms with van der Waals surface area (Å²) in [6.07, 6.45) is 0.971. The molecule has 0 bridgehead atoms. The van der Waals surface area contributed by atoms with E-state index in [4.69, 9.17) is 0 Å². The Labute approximate surface area is 139 Å². The number of carbonyl (C=O) groups excluding carboxylic acids is 1. The van der Waals surface area contributed by atoms with Crippen molar-refractivity contribution in [1.82, 2.24) is 5.32 Å². The minimum Gasteiger partial charge on any atom is -0.348 e. The van der Waals surface area contributed by atoms with Crippen molar-refractivity contribution >= 4 is 60.4 Å². The standard InChI is InChI=1S/C13H16Br2INO/c1-8(2)5-10(7-14)17-13(18)11-6-9(16)3-4-12(11)15/h3-4,6,8,10H,5,7H2,1-2H3,(H,17,18). The molecule has 1 aromatic rings. The maximum absolute atomic E-state index is 12.2. The molecule has 0 heterocycles. The second-order valence-electron chi connectivity index (χ2n) is 4.58. The van der Waals surface area contributed by atoms with E-state index >= 15 is 0 Å². The second kappa shape index (κ2) is 7.85. The van der Waals surface area contributed by atoms with Crippen LogP contribution in [0.2, 0.25) is 0 Å². The highest BCUT2D eigenvalue weighted by Gasteiger charge is 2.16. The summed E-state index contributed by atoms with van der Waals surface area (Å²) >= 11 is 9.08. The van der Waals surface area contributed by atoms with Gasteiger partial charge in [-0.05, 0) is 69.1 Å². The van der Waals surface area contributed by atoms with Gasteiger partial charge in [-0.2, -0.15) is 0 Å². The fraction of sp³-hybridized carbons (Fsp3) is 0.462. The molecule has 0 aliphatic heterocycles. The Morgan fingerprint density at radius 3 is 2.67 bits per heavy atom. The molecule has 0 radical (unpaired) electrons. The van der Waals surface area contributed by atoms with Crippen LogP contribution in [-0.4, -0.2) is 17.3 Å². The van der Waals surface area contributed by atoms with Crippen LogP contribution in [0.15, 0.2) is 22.7 Å². The van der Waals surface area contributed by atoms with Gasteiger partial charge in [0.15, 0.2) is 0 Å². The summed E-state index contributed by atoms with van der Waals surface area (Å²) < 4.78 is 1.89. The van der Waals surface area contributed by atoms with Crippen molar-refractivity contribution in [2.45, 2.75) is 26.3 Å². The molecule has 1 rings (SSSR count). The van der Waals surface area contributed by atoms with Crippen molar-refractivity contribution in [3.63, 3.8) is 0 Å². The third kappa shape index (κ3) is 5.17. The van der Waals surface area contributed by atoms with Crippen LogP contribution in [0.1, 0.15) is 30.6 Å². The number of nitrogens with one attached hydrogen (secondary N) is 1. The van der Waals surface area contributed by atoms with Gasteiger partial charge in [0.25, 0.3) is 5.91 Å². The summed E-state index contributed by atoms with van der Waals surface area (Å²) in [5.74, 6) is 0.540. The Kier molecular flexibility index (Phi) is 7.16. The van der Waals surface area contributed by atoms with Crippen LogP contribution < -0.4 is 5.32 Å². The lowest BCUT2D eigenvalue weighted by Gasteiger charge is -2.18. The van der Waals surface area contributed by atoms with Gasteiger partial charge in [0.1, 0.15) is 0 Å². The number of rotatable bonds is 5. The number of hydrogen-bond acceptors (Lipinski definition) is 1. The van der Waals surface area contributed by atoms with E-state index in [1.807, 2.05) is 18.2 Å². The van der Waals surface area contributed by atoms with E-state index < -0.39 is 0 Å². The van der Waals surface area contributed by atoms with E-state index in [0.29, 0.717) is 11.5 Å². The number of hydrogen-bond donors (Lipinski definition) is 1. The lowest BCUT2D eigenvalue weighted by Crippen LogP contribution is -2.37. The molecule has 5 heteroatoms. The van der Waals surface area contributed by atoms with E-state index in [-0.39, 0.29) is 11.9 Å². The highest BCUT2D eigenvalue weighted by molar-refractivity contribution is 14.1. The molecule has 0 spiro atoms. The fourth-order valence-electron chi connectivity index (χ4n) is 1.66. The summed E-state index contributed by atoms with van der Waals surface area (Å²) in [7, 11) is 0. The smallest absolute Gasteiger partial charge is 0.252 e. The van der Waals surface area contributed by atoms with Gasteiger partial charge < -0.3 is 5.32 Å². The highest BCUT2D eigenvalue weighted by atomic mass is 127. The molecule has 0 aliphatic rings. The molecule has 1 aromatic carbocycles. The Balaban J connectivity index is 2.77. The monoisotopic (exact) mass is 487 g/mol. The van der Waals surface area contributed by atoms with Crippen LogP contribution in [0.5, 0.6) is 0 Å². The second-order valence-corrected chi connectivity index (χ2v) is 7.33. The molecule has 1 N–H and O–H groups in total. The molecule has 1 unspecified atom stereocenters. The van der Waals surface area contributed by atoms with Gasteiger partial charge in [-0.1, -0.05) is 29.8 Å². The van der Waals surface area contributed by atoms with Crippen molar-refractivity contribution < 1.29 is 4.79 Å². The minimum absolute atomic E-state index is 0.0227. The molecule has 0 aromatic heterocycles. The molecule has 1 amide bonds. The van der Waals surface area contributed by atoms with Crippen molar-refractivity contribution in [3.8, 4) is 0 Å². The lowest BCUT2D eigenvalue weighted by molar-refractivity contribution is 0.0936. The summed E-state index contributed by atoms with van der Waals surface area (Å²) in [6.45, 7) is 4.31. The Morgan fingerprint density at radius 2 is 2.11 bits per heavy atom. The maximum atomic E-state index is 12.2. The largest absolute Gasteiger partial charge is 0.348 e. The van der Waals surface area contributed by atoms with Gasteiger partial charge in [-0.3, -0.25) is 4.79 Å².